The smallest absolute Gasteiger partial charge is 0.193 e. The number of pyridine rings is 1. The predicted molar refractivity (Wildman–Crippen MR) is 34.3 cm³/mol. The molecule has 0 aliphatic rings. The van der Waals surface area contributed by atoms with Crippen molar-refractivity contribution in [2.24, 2.45) is 0 Å². The van der Waals surface area contributed by atoms with Crippen molar-refractivity contribution in [3.63, 3.8) is 0 Å². The molecule has 50 valence electrons. The number of hydrogen-bond donors (Lipinski definition) is 0. The minimum absolute atomic E-state index is 0.708. The van der Waals surface area contributed by atoms with Crippen molar-refractivity contribution in [3.8, 4) is 0 Å². The Labute approximate surface area is 56.9 Å². The highest BCUT2D eigenvalue weighted by atomic mass is 16.5. The Morgan fingerprint density at radius 3 is 3.10 bits per heavy atom. The van der Waals surface area contributed by atoms with E-state index in [0.717, 1.165) is 11.1 Å². The van der Waals surface area contributed by atoms with Gasteiger partial charge in [0, 0.05) is 17.0 Å². The van der Waals surface area contributed by atoms with E-state index in [1.165, 1.54) is 0 Å². The second kappa shape index (κ2) is 1.76. The molecule has 0 bridgehead atoms. The van der Waals surface area contributed by atoms with Crippen molar-refractivity contribution in [2.75, 3.05) is 0 Å². The number of rotatable bonds is 0. The summed E-state index contributed by atoms with van der Waals surface area (Å²) in [5.74, 6) is 0. The van der Waals surface area contributed by atoms with Gasteiger partial charge in [-0.1, -0.05) is 0 Å². The van der Waals surface area contributed by atoms with Gasteiger partial charge < -0.3 is 4.52 Å². The van der Waals surface area contributed by atoms with Crippen LogP contribution in [0.1, 0.15) is 5.56 Å². The molecular formula is C6H5N3O. The zero-order valence-electron chi connectivity index (χ0n) is 5.40. The minimum atomic E-state index is 0.708. The first-order chi connectivity index (χ1) is 4.88. The number of fused-ring (bicyclic) bond motifs is 1. The first kappa shape index (κ1) is 5.34. The van der Waals surface area contributed by atoms with E-state index in [-0.39, 0.29) is 0 Å². The van der Waals surface area contributed by atoms with E-state index in [4.69, 9.17) is 4.52 Å². The van der Waals surface area contributed by atoms with Crippen LogP contribution in [0.4, 0.5) is 0 Å². The zero-order chi connectivity index (χ0) is 6.97. The first-order valence-corrected chi connectivity index (χ1v) is 2.90. The van der Waals surface area contributed by atoms with Gasteiger partial charge in [-0.3, -0.25) is 4.98 Å². The van der Waals surface area contributed by atoms with Crippen molar-refractivity contribution in [1.29, 1.82) is 0 Å². The summed E-state index contributed by atoms with van der Waals surface area (Å²) in [7, 11) is 0. The molecule has 0 saturated heterocycles. The van der Waals surface area contributed by atoms with Gasteiger partial charge in [-0.15, -0.1) is 5.10 Å². The summed E-state index contributed by atoms with van der Waals surface area (Å²) in [5, 5.41) is 7.10. The van der Waals surface area contributed by atoms with Crippen molar-refractivity contribution in [2.45, 2.75) is 6.92 Å². The summed E-state index contributed by atoms with van der Waals surface area (Å²) in [6.45, 7) is 1.90. The van der Waals surface area contributed by atoms with E-state index in [1.807, 2.05) is 6.92 Å². The third-order valence-electron chi connectivity index (χ3n) is 1.34. The lowest BCUT2D eigenvalue weighted by atomic mass is 10.3. The van der Waals surface area contributed by atoms with Crippen LogP contribution in [0.5, 0.6) is 0 Å². The topological polar surface area (TPSA) is 51.8 Å². The van der Waals surface area contributed by atoms with Crippen LogP contribution in [0.15, 0.2) is 16.9 Å². The average molecular weight is 135 g/mol. The molecule has 2 heterocycles. The molecule has 2 aromatic heterocycles. The standard InChI is InChI=1S/C6H5N3O/c1-4-2-7-3-5-6(4)10-9-8-5/h2-3H,1H3. The fourth-order valence-corrected chi connectivity index (χ4v) is 0.834. The van der Waals surface area contributed by atoms with Crippen LogP contribution < -0.4 is 0 Å². The molecule has 0 amide bonds. The van der Waals surface area contributed by atoms with E-state index in [0.29, 0.717) is 5.52 Å². The molecule has 0 saturated carbocycles. The Morgan fingerprint density at radius 2 is 2.30 bits per heavy atom. The first-order valence-electron chi connectivity index (χ1n) is 2.90. The largest absolute Gasteiger partial charge is 0.336 e. The molecule has 0 aliphatic heterocycles. The van der Waals surface area contributed by atoms with Gasteiger partial charge in [0.25, 0.3) is 0 Å². The van der Waals surface area contributed by atoms with Crippen LogP contribution >= 0.6 is 0 Å². The Bertz CT molecular complexity index is 355. The summed E-state index contributed by atoms with van der Waals surface area (Å²) in [6, 6.07) is 0. The second-order valence-corrected chi connectivity index (χ2v) is 2.08. The van der Waals surface area contributed by atoms with E-state index in [1.54, 1.807) is 12.4 Å². The van der Waals surface area contributed by atoms with Gasteiger partial charge in [-0.05, 0) is 6.92 Å². The van der Waals surface area contributed by atoms with Crippen molar-refractivity contribution in [1.82, 2.24) is 15.4 Å². The predicted octanol–water partition coefficient (Wildman–Crippen LogP) is 0.926. The number of aromatic nitrogens is 3. The van der Waals surface area contributed by atoms with E-state index in [2.05, 4.69) is 15.4 Å². The molecule has 2 rings (SSSR count). The highest BCUT2D eigenvalue weighted by Gasteiger charge is 2.01. The van der Waals surface area contributed by atoms with Gasteiger partial charge in [-0.2, -0.15) is 0 Å². The van der Waals surface area contributed by atoms with Gasteiger partial charge >= 0.3 is 0 Å². The van der Waals surface area contributed by atoms with Crippen molar-refractivity contribution in [3.05, 3.63) is 18.0 Å². The third-order valence-corrected chi connectivity index (χ3v) is 1.34. The highest BCUT2D eigenvalue weighted by molar-refractivity contribution is 5.73. The lowest BCUT2D eigenvalue weighted by Gasteiger charge is -1.86. The summed E-state index contributed by atoms with van der Waals surface area (Å²) in [4.78, 5) is 3.92. The van der Waals surface area contributed by atoms with Crippen molar-refractivity contribution < 1.29 is 4.52 Å². The molecular weight excluding hydrogens is 130 g/mol. The van der Waals surface area contributed by atoms with Gasteiger partial charge in [0.05, 0.1) is 6.20 Å². The Hall–Kier alpha value is -1.45. The molecule has 0 spiro atoms. The van der Waals surface area contributed by atoms with Gasteiger partial charge in [0.1, 0.15) is 0 Å². The van der Waals surface area contributed by atoms with Gasteiger partial charge in [0.15, 0.2) is 11.1 Å². The molecule has 0 atom stereocenters. The van der Waals surface area contributed by atoms with Crippen molar-refractivity contribution >= 4 is 11.1 Å². The molecule has 0 aromatic carbocycles. The molecule has 0 radical (unpaired) electrons. The number of nitrogens with zero attached hydrogens (tertiary/aromatic N) is 3. The van der Waals surface area contributed by atoms with Crippen LogP contribution in [0, 0.1) is 6.92 Å². The molecule has 10 heavy (non-hydrogen) atoms. The summed E-state index contributed by atoms with van der Waals surface area (Å²) >= 11 is 0. The maximum Gasteiger partial charge on any atom is 0.193 e. The SMILES string of the molecule is Cc1cncc2nnoc12. The summed E-state index contributed by atoms with van der Waals surface area (Å²) < 4.78 is 4.85. The fourth-order valence-electron chi connectivity index (χ4n) is 0.834. The lowest BCUT2D eigenvalue weighted by Crippen LogP contribution is -1.76. The Morgan fingerprint density at radius 1 is 1.40 bits per heavy atom. The van der Waals surface area contributed by atoms with Crippen LogP contribution in [0.3, 0.4) is 0 Å². The molecule has 0 aliphatic carbocycles. The van der Waals surface area contributed by atoms with E-state index >= 15 is 0 Å². The zero-order valence-corrected chi connectivity index (χ0v) is 5.40. The fraction of sp³-hybridized carbons (Fsp3) is 0.167. The Balaban J connectivity index is 2.95. The second-order valence-electron chi connectivity index (χ2n) is 2.08. The average Bonchev–Trinajstić information content (AvgIpc) is 2.36. The Kier molecular flexibility index (Phi) is 0.943. The van der Waals surface area contributed by atoms with E-state index in [9.17, 15) is 0 Å². The summed E-state index contributed by atoms with van der Waals surface area (Å²) in [5.41, 5.74) is 2.39. The molecule has 4 nitrogen and oxygen atoms in total. The quantitative estimate of drug-likeness (QED) is 0.539. The molecule has 4 heteroatoms. The minimum Gasteiger partial charge on any atom is -0.336 e. The van der Waals surface area contributed by atoms with Gasteiger partial charge in [0.2, 0.25) is 0 Å². The molecule has 0 fully saturated rings. The van der Waals surface area contributed by atoms with E-state index < -0.39 is 0 Å². The van der Waals surface area contributed by atoms with Crippen LogP contribution in [0.2, 0.25) is 0 Å². The third kappa shape index (κ3) is 0.586. The van der Waals surface area contributed by atoms with Crippen LogP contribution in [0.25, 0.3) is 11.1 Å². The number of hydrogen-bond acceptors (Lipinski definition) is 4. The molecule has 0 N–H and O–H groups in total. The molecule has 2 aromatic rings. The maximum absolute atomic E-state index is 4.85. The number of aryl methyl sites for hydroxylation is 1. The highest BCUT2D eigenvalue weighted by Crippen LogP contribution is 2.11. The maximum atomic E-state index is 4.85. The summed E-state index contributed by atoms with van der Waals surface area (Å²) in [6.07, 6.45) is 3.34. The molecule has 0 unspecified atom stereocenters. The van der Waals surface area contributed by atoms with Crippen LogP contribution in [-0.2, 0) is 0 Å². The van der Waals surface area contributed by atoms with Gasteiger partial charge in [-0.25, -0.2) is 0 Å². The lowest BCUT2D eigenvalue weighted by molar-refractivity contribution is 0.423. The van der Waals surface area contributed by atoms with Crippen LogP contribution in [-0.4, -0.2) is 15.4 Å². The normalized spacial score (nSPS) is 10.5. The monoisotopic (exact) mass is 135 g/mol.